The predicted octanol–water partition coefficient (Wildman–Crippen LogP) is 3.20. The number of aromatic nitrogens is 8. The molecule has 64 heavy (non-hydrogen) atoms. The second-order valence-electron chi connectivity index (χ2n) is 16.6. The minimum atomic E-state index is -0.863. The molecule has 4 fully saturated rings. The van der Waals surface area contributed by atoms with Crippen LogP contribution in [-0.2, 0) is 0 Å². The molecule has 0 aromatic carbocycles. The van der Waals surface area contributed by atoms with Crippen molar-refractivity contribution < 1.29 is 28.6 Å². The maximum absolute atomic E-state index is 13.3. The van der Waals surface area contributed by atoms with E-state index in [1.54, 1.807) is 62.9 Å². The molecule has 0 aliphatic heterocycles. The van der Waals surface area contributed by atoms with E-state index in [0.717, 1.165) is 12.8 Å². The van der Waals surface area contributed by atoms with Crippen molar-refractivity contribution in [3.63, 3.8) is 0 Å². The first kappa shape index (κ1) is 42.4. The highest BCUT2D eigenvalue weighted by Gasteiger charge is 2.34. The number of nitrogens with zero attached hydrogens (tertiary/aromatic N) is 8. The van der Waals surface area contributed by atoms with Gasteiger partial charge in [0.2, 0.25) is 0 Å². The second kappa shape index (κ2) is 17.3. The zero-order chi connectivity index (χ0) is 44.8. The summed E-state index contributed by atoms with van der Waals surface area (Å²) in [6, 6.07) is 9.24. The maximum atomic E-state index is 13.3. The Morgan fingerprint density at radius 2 is 1.06 bits per heavy atom. The fraction of sp³-hybridized carbons (Fsp3) is 0.429. The van der Waals surface area contributed by atoms with E-state index in [-0.39, 0.29) is 58.2 Å². The molecule has 4 aliphatic rings. The van der Waals surface area contributed by atoms with E-state index in [0.29, 0.717) is 84.5 Å². The molecule has 0 saturated heterocycles. The number of alkyl halides is 2. The molecule has 6 heterocycles. The third kappa shape index (κ3) is 8.09. The van der Waals surface area contributed by atoms with Crippen LogP contribution < -0.4 is 43.0 Å². The Hall–Kier alpha value is -6.94. The van der Waals surface area contributed by atoms with E-state index in [1.807, 2.05) is 0 Å². The summed E-state index contributed by atoms with van der Waals surface area (Å²) >= 11 is 0. The number of aliphatic hydroxyl groups excluding tert-OH is 2. The number of carbonyl (C=O) groups is 2. The first-order valence-corrected chi connectivity index (χ1v) is 21.2. The molecular weight excluding hydrogens is 835 g/mol. The number of aliphatic hydroxyl groups is 2. The van der Waals surface area contributed by atoms with Gasteiger partial charge in [-0.25, -0.2) is 18.7 Å². The minimum Gasteiger partial charge on any atom is -0.391 e. The molecule has 8 N–H and O–H groups in total. The minimum absolute atomic E-state index is 0.144. The molecule has 0 bridgehead atoms. The van der Waals surface area contributed by atoms with Crippen molar-refractivity contribution in [2.24, 2.45) is 0 Å². The molecule has 0 unspecified atom stereocenters. The van der Waals surface area contributed by atoms with E-state index >= 15 is 0 Å². The number of halogens is 2. The first-order chi connectivity index (χ1) is 30.9. The zero-order valence-electron chi connectivity index (χ0n) is 34.9. The van der Waals surface area contributed by atoms with Gasteiger partial charge in [-0.1, -0.05) is 0 Å². The molecule has 336 valence electrons. The highest BCUT2D eigenvalue weighted by atomic mass is 19.1. The highest BCUT2D eigenvalue weighted by Crippen LogP contribution is 2.35. The van der Waals surface area contributed by atoms with Crippen LogP contribution in [0.5, 0.6) is 0 Å². The van der Waals surface area contributed by atoms with Gasteiger partial charge in [0.15, 0.2) is 11.3 Å². The van der Waals surface area contributed by atoms with Crippen molar-refractivity contribution in [2.45, 2.75) is 100 Å². The molecule has 6 aromatic heterocycles. The maximum Gasteiger partial charge on any atom is 0.274 e. The van der Waals surface area contributed by atoms with E-state index in [2.05, 4.69) is 52.1 Å². The van der Waals surface area contributed by atoms with Gasteiger partial charge >= 0.3 is 0 Å². The van der Waals surface area contributed by atoms with Crippen LogP contribution in [0.15, 0.2) is 70.8 Å². The van der Waals surface area contributed by atoms with E-state index < -0.39 is 24.6 Å². The fourth-order valence-corrected chi connectivity index (χ4v) is 8.08. The Bertz CT molecular complexity index is 2660. The second-order valence-corrected chi connectivity index (χ2v) is 16.6. The van der Waals surface area contributed by atoms with Gasteiger partial charge in [0.1, 0.15) is 58.1 Å². The molecule has 4 aliphatic carbocycles. The van der Waals surface area contributed by atoms with E-state index in [4.69, 9.17) is 0 Å². The first-order valence-electron chi connectivity index (χ1n) is 21.2. The summed E-state index contributed by atoms with van der Waals surface area (Å²) in [4.78, 5) is 60.3. The summed E-state index contributed by atoms with van der Waals surface area (Å²) in [6.07, 6.45) is 7.47. The van der Waals surface area contributed by atoms with Crippen LogP contribution >= 0.6 is 0 Å². The number of fused-ring (bicyclic) bond motifs is 2. The molecule has 22 heteroatoms. The number of amides is 2. The number of hydrogen-bond donors (Lipinski definition) is 8. The van der Waals surface area contributed by atoms with Gasteiger partial charge in [-0.3, -0.25) is 19.2 Å². The van der Waals surface area contributed by atoms with Crippen molar-refractivity contribution in [3.05, 3.63) is 93.0 Å². The van der Waals surface area contributed by atoms with Crippen LogP contribution in [0.1, 0.15) is 84.2 Å². The third-order valence-electron chi connectivity index (χ3n) is 12.4. The van der Waals surface area contributed by atoms with Gasteiger partial charge in [0.25, 0.3) is 22.9 Å². The van der Waals surface area contributed by atoms with Gasteiger partial charge in [0, 0.05) is 50.7 Å². The number of rotatable bonds is 12. The van der Waals surface area contributed by atoms with Crippen LogP contribution in [0.3, 0.4) is 0 Å². The van der Waals surface area contributed by atoms with Gasteiger partial charge in [0.05, 0.1) is 36.7 Å². The molecule has 4 saturated carbocycles. The fourth-order valence-electron chi connectivity index (χ4n) is 8.08. The molecule has 6 aromatic rings. The Morgan fingerprint density at radius 1 is 0.656 bits per heavy atom. The molecule has 0 spiro atoms. The van der Waals surface area contributed by atoms with Crippen LogP contribution in [0, 0.1) is 0 Å². The van der Waals surface area contributed by atoms with Crippen LogP contribution in [-0.4, -0.2) is 111 Å². The van der Waals surface area contributed by atoms with E-state index in [1.165, 1.54) is 30.6 Å². The predicted molar refractivity (Wildman–Crippen MR) is 232 cm³/mol. The summed E-state index contributed by atoms with van der Waals surface area (Å²) in [5.74, 6) is 1.09. The monoisotopic (exact) mass is 882 g/mol. The van der Waals surface area contributed by atoms with E-state index in [9.17, 15) is 38.2 Å². The van der Waals surface area contributed by atoms with Crippen molar-refractivity contribution >= 4 is 57.8 Å². The lowest BCUT2D eigenvalue weighted by molar-refractivity contribution is 0.0448. The van der Waals surface area contributed by atoms with Gasteiger partial charge in [-0.05, 0) is 75.6 Å². The lowest BCUT2D eigenvalue weighted by Crippen LogP contribution is -2.50. The quantitative estimate of drug-likeness (QED) is 0.0880. The number of anilines is 6. The standard InChI is InChI=1S/2C21H24FN7O3/c2*1-23-18-9-17(25-15-3-2-6-28(21(15)32)12-7-11(22)8-12)27-19-13(10-24-29(18)19)20(31)26-14-4-5-16(14)30/h2*2-3,6,9-12,14,16,23,30H,4-5,7-8H2,1H3,(H,25,27)(H,26,31)/t2*11?,12?,14-,16+/m10/s1. The topological polar surface area (TPSA) is 251 Å². The molecule has 10 rings (SSSR count). The number of hydrogen-bond acceptors (Lipinski definition) is 14. The SMILES string of the molecule is CNc1cc(Nc2cccn(C3CC(F)C3)c2=O)nc2c(C(=O)N[C@@H]3CC[C@@H]3O)cnn12.CNc1cc(Nc2cccn(C3CC(F)C3)c2=O)nc2c(C(=O)N[C@H]3CC[C@H]3O)cnn12. The van der Waals surface area contributed by atoms with Crippen LogP contribution in [0.2, 0.25) is 0 Å². The summed E-state index contributed by atoms with van der Waals surface area (Å²) in [5.41, 5.74) is 1.22. The molecular formula is C42H48F2N14O6. The number of nitrogens with one attached hydrogen (secondary N) is 6. The zero-order valence-corrected chi connectivity index (χ0v) is 34.9. The normalized spacial score (nSPS) is 24.5. The Balaban J connectivity index is 0.000000162. The van der Waals surface area contributed by atoms with Gasteiger partial charge in [-0.15, -0.1) is 0 Å². The Morgan fingerprint density at radius 3 is 1.39 bits per heavy atom. The number of pyridine rings is 2. The Labute approximate surface area is 363 Å². The summed E-state index contributed by atoms with van der Waals surface area (Å²) < 4.78 is 32.6. The molecule has 4 atom stereocenters. The largest absolute Gasteiger partial charge is 0.391 e. The average molecular weight is 883 g/mol. The average Bonchev–Trinajstić information content (AvgIpc) is 3.90. The third-order valence-corrected chi connectivity index (χ3v) is 12.4. The summed E-state index contributed by atoms with van der Waals surface area (Å²) in [7, 11) is 3.42. The molecule has 0 radical (unpaired) electrons. The van der Waals surface area contributed by atoms with Gasteiger partial charge < -0.3 is 51.2 Å². The van der Waals surface area contributed by atoms with Crippen molar-refractivity contribution in [2.75, 3.05) is 35.4 Å². The summed E-state index contributed by atoms with van der Waals surface area (Å²) in [5, 5.41) is 45.7. The van der Waals surface area contributed by atoms with Crippen molar-refractivity contribution in [3.8, 4) is 0 Å². The molecule has 2 amide bonds. The highest BCUT2D eigenvalue weighted by molar-refractivity contribution is 6.01. The lowest BCUT2D eigenvalue weighted by atomic mass is 9.89. The van der Waals surface area contributed by atoms with Crippen molar-refractivity contribution in [1.82, 2.24) is 49.0 Å². The Kier molecular flexibility index (Phi) is 11.5. The lowest BCUT2D eigenvalue weighted by Gasteiger charge is -2.32. The summed E-state index contributed by atoms with van der Waals surface area (Å²) in [6.45, 7) is 0. The van der Waals surface area contributed by atoms with Crippen LogP contribution in [0.4, 0.5) is 43.4 Å². The smallest absolute Gasteiger partial charge is 0.274 e. The van der Waals surface area contributed by atoms with Gasteiger partial charge in [-0.2, -0.15) is 19.2 Å². The number of carbonyl (C=O) groups excluding carboxylic acids is 2. The van der Waals surface area contributed by atoms with Crippen LogP contribution in [0.25, 0.3) is 11.3 Å². The molecule has 20 nitrogen and oxygen atoms in total. The van der Waals surface area contributed by atoms with Crippen molar-refractivity contribution in [1.29, 1.82) is 0 Å².